The topological polar surface area (TPSA) is 29.5 Å². The fraction of sp³-hybridized carbons (Fsp3) is 1.00. The van der Waals surface area contributed by atoms with Crippen LogP contribution in [-0.2, 0) is 4.74 Å². The maximum atomic E-state index is 8.50. The van der Waals surface area contributed by atoms with Crippen LogP contribution in [0.1, 0.15) is 6.42 Å². The molecular weight excluding hydrogens is 103 g/mol. The van der Waals surface area contributed by atoms with Crippen LogP contribution in [0.25, 0.3) is 0 Å². The number of rotatable bonds is 1. The molecule has 0 aromatic rings. The SMILES string of the molecule is [B][C@H]1CO[C@H](CO)C1. The average Bonchev–Trinajstić information content (AvgIpc) is 2.14. The lowest BCUT2D eigenvalue weighted by Gasteiger charge is -2.01. The molecule has 1 heterocycles. The molecule has 1 rings (SSSR count). The van der Waals surface area contributed by atoms with Crippen LogP contribution in [0.3, 0.4) is 0 Å². The molecule has 2 radical (unpaired) electrons. The third-order valence-corrected chi connectivity index (χ3v) is 1.32. The summed E-state index contributed by atoms with van der Waals surface area (Å²) in [4.78, 5) is 0. The first-order valence-corrected chi connectivity index (χ1v) is 2.81. The molecule has 1 aliphatic rings. The second kappa shape index (κ2) is 2.51. The number of ether oxygens (including phenoxy) is 1. The van der Waals surface area contributed by atoms with Gasteiger partial charge in [0.2, 0.25) is 0 Å². The van der Waals surface area contributed by atoms with Gasteiger partial charge in [-0.2, -0.15) is 0 Å². The van der Waals surface area contributed by atoms with Crippen molar-refractivity contribution in [1.29, 1.82) is 0 Å². The summed E-state index contributed by atoms with van der Waals surface area (Å²) in [6.45, 7) is 0.707. The summed E-state index contributed by atoms with van der Waals surface area (Å²) < 4.78 is 5.04. The van der Waals surface area contributed by atoms with E-state index in [1.54, 1.807) is 0 Å². The summed E-state index contributed by atoms with van der Waals surface area (Å²) in [5, 5.41) is 8.50. The lowest BCUT2D eigenvalue weighted by Crippen LogP contribution is -2.09. The van der Waals surface area contributed by atoms with Crippen molar-refractivity contribution >= 4 is 7.85 Å². The van der Waals surface area contributed by atoms with E-state index in [9.17, 15) is 0 Å². The van der Waals surface area contributed by atoms with Crippen LogP contribution in [0.15, 0.2) is 0 Å². The lowest BCUT2D eigenvalue weighted by molar-refractivity contribution is 0.0591. The van der Waals surface area contributed by atoms with Crippen molar-refractivity contribution in [3.05, 3.63) is 0 Å². The van der Waals surface area contributed by atoms with Gasteiger partial charge in [0.15, 0.2) is 0 Å². The van der Waals surface area contributed by atoms with Crippen molar-refractivity contribution in [2.24, 2.45) is 0 Å². The molecule has 0 saturated carbocycles. The Morgan fingerprint density at radius 1 is 1.75 bits per heavy atom. The Morgan fingerprint density at radius 2 is 2.50 bits per heavy atom. The number of aliphatic hydroxyl groups is 1. The summed E-state index contributed by atoms with van der Waals surface area (Å²) in [6.07, 6.45) is 0.807. The van der Waals surface area contributed by atoms with Gasteiger partial charge in [-0.15, -0.1) is 0 Å². The second-order valence-electron chi connectivity index (χ2n) is 2.13. The van der Waals surface area contributed by atoms with Gasteiger partial charge in [0, 0.05) is 6.61 Å². The third-order valence-electron chi connectivity index (χ3n) is 1.32. The molecular formula is C5H9BO2. The Labute approximate surface area is 50.3 Å². The van der Waals surface area contributed by atoms with Crippen LogP contribution < -0.4 is 0 Å². The quantitative estimate of drug-likeness (QED) is 0.473. The van der Waals surface area contributed by atoms with Crippen molar-refractivity contribution < 1.29 is 9.84 Å². The maximum Gasteiger partial charge on any atom is 0.0801 e. The molecule has 0 amide bonds. The monoisotopic (exact) mass is 112 g/mol. The standard InChI is InChI=1S/C5H9BO2/c6-4-1-5(2-7)8-3-4/h4-5,7H,1-3H2/t4-,5+/m1/s1. The minimum absolute atomic E-state index is 0.00463. The van der Waals surface area contributed by atoms with Crippen molar-refractivity contribution in [3.8, 4) is 0 Å². The molecule has 1 N–H and O–H groups in total. The smallest absolute Gasteiger partial charge is 0.0801 e. The van der Waals surface area contributed by atoms with Gasteiger partial charge in [-0.25, -0.2) is 0 Å². The number of hydrogen-bond acceptors (Lipinski definition) is 2. The normalized spacial score (nSPS) is 38.1. The molecule has 1 fully saturated rings. The van der Waals surface area contributed by atoms with E-state index in [0.29, 0.717) is 6.61 Å². The molecule has 3 heteroatoms. The first-order chi connectivity index (χ1) is 3.83. The van der Waals surface area contributed by atoms with Gasteiger partial charge >= 0.3 is 0 Å². The zero-order chi connectivity index (χ0) is 5.98. The van der Waals surface area contributed by atoms with Gasteiger partial charge < -0.3 is 9.84 Å². The van der Waals surface area contributed by atoms with E-state index in [2.05, 4.69) is 0 Å². The summed E-state index contributed by atoms with van der Waals surface area (Å²) in [5.41, 5.74) is 0. The van der Waals surface area contributed by atoms with E-state index in [1.807, 2.05) is 0 Å². The van der Waals surface area contributed by atoms with Crippen LogP contribution >= 0.6 is 0 Å². The Hall–Kier alpha value is -0.0151. The molecule has 2 atom stereocenters. The van der Waals surface area contributed by atoms with Gasteiger partial charge in [-0.3, -0.25) is 0 Å². The van der Waals surface area contributed by atoms with Crippen LogP contribution in [0.5, 0.6) is 0 Å². The minimum atomic E-state index is 0.00463. The first kappa shape index (κ1) is 6.11. The maximum absolute atomic E-state index is 8.50. The molecule has 0 aromatic heterocycles. The van der Waals surface area contributed by atoms with Gasteiger partial charge in [0.1, 0.15) is 0 Å². The van der Waals surface area contributed by atoms with E-state index in [0.717, 1.165) is 6.42 Å². The molecule has 1 saturated heterocycles. The highest BCUT2D eigenvalue weighted by molar-refractivity contribution is 6.11. The van der Waals surface area contributed by atoms with Gasteiger partial charge in [-0.05, 0) is 6.42 Å². The van der Waals surface area contributed by atoms with Crippen molar-refractivity contribution in [2.75, 3.05) is 13.2 Å². The zero-order valence-corrected chi connectivity index (χ0v) is 4.71. The average molecular weight is 112 g/mol. The predicted octanol–water partition coefficient (Wildman–Crippen LogP) is -0.275. The van der Waals surface area contributed by atoms with E-state index < -0.39 is 0 Å². The highest BCUT2D eigenvalue weighted by Gasteiger charge is 2.19. The molecule has 0 spiro atoms. The Morgan fingerprint density at radius 3 is 2.75 bits per heavy atom. The summed E-state index contributed by atoms with van der Waals surface area (Å²) in [7, 11) is 5.46. The number of hydrogen-bond donors (Lipinski definition) is 1. The lowest BCUT2D eigenvalue weighted by atomic mass is 9.86. The first-order valence-electron chi connectivity index (χ1n) is 2.81. The van der Waals surface area contributed by atoms with Gasteiger partial charge in [0.25, 0.3) is 0 Å². The molecule has 0 aromatic carbocycles. The highest BCUT2D eigenvalue weighted by atomic mass is 16.5. The van der Waals surface area contributed by atoms with E-state index >= 15 is 0 Å². The van der Waals surface area contributed by atoms with Crippen LogP contribution in [-0.4, -0.2) is 32.3 Å². The fourth-order valence-electron chi connectivity index (χ4n) is 0.861. The zero-order valence-electron chi connectivity index (χ0n) is 4.71. The van der Waals surface area contributed by atoms with E-state index in [4.69, 9.17) is 17.7 Å². The molecule has 8 heavy (non-hydrogen) atoms. The third kappa shape index (κ3) is 1.23. The Bertz CT molecular complexity index is 76.8. The second-order valence-corrected chi connectivity index (χ2v) is 2.13. The predicted molar refractivity (Wildman–Crippen MR) is 30.9 cm³/mol. The van der Waals surface area contributed by atoms with E-state index in [-0.39, 0.29) is 18.5 Å². The fourth-order valence-corrected chi connectivity index (χ4v) is 0.861. The largest absolute Gasteiger partial charge is 0.394 e. The van der Waals surface area contributed by atoms with Gasteiger partial charge in [-0.1, -0.05) is 5.82 Å². The van der Waals surface area contributed by atoms with Crippen molar-refractivity contribution in [1.82, 2.24) is 0 Å². The molecule has 2 nitrogen and oxygen atoms in total. The van der Waals surface area contributed by atoms with Gasteiger partial charge in [0.05, 0.1) is 20.6 Å². The molecule has 1 aliphatic heterocycles. The number of aliphatic hydroxyl groups excluding tert-OH is 1. The highest BCUT2D eigenvalue weighted by Crippen LogP contribution is 2.20. The Kier molecular flexibility index (Phi) is 1.92. The molecule has 0 aliphatic carbocycles. The molecule has 0 unspecified atom stereocenters. The van der Waals surface area contributed by atoms with Crippen LogP contribution in [0.2, 0.25) is 5.82 Å². The van der Waals surface area contributed by atoms with Crippen molar-refractivity contribution in [3.63, 3.8) is 0 Å². The molecule has 44 valence electrons. The summed E-state index contributed by atoms with van der Waals surface area (Å²) in [5.74, 6) is 0.146. The summed E-state index contributed by atoms with van der Waals surface area (Å²) in [6, 6.07) is 0. The van der Waals surface area contributed by atoms with Crippen LogP contribution in [0.4, 0.5) is 0 Å². The van der Waals surface area contributed by atoms with E-state index in [1.165, 1.54) is 0 Å². The van der Waals surface area contributed by atoms with Crippen LogP contribution in [0, 0.1) is 0 Å². The minimum Gasteiger partial charge on any atom is -0.394 e. The summed E-state index contributed by atoms with van der Waals surface area (Å²) >= 11 is 0. The van der Waals surface area contributed by atoms with Crippen molar-refractivity contribution in [2.45, 2.75) is 18.3 Å². The molecule has 0 bridgehead atoms. The Balaban J connectivity index is 2.22.